The highest BCUT2D eigenvalue weighted by atomic mass is 16.1. The first kappa shape index (κ1) is 12.0. The summed E-state index contributed by atoms with van der Waals surface area (Å²) in [5.74, 6) is 0.340. The lowest BCUT2D eigenvalue weighted by molar-refractivity contribution is 0.0760. The third-order valence-electron chi connectivity index (χ3n) is 5.00. The molecule has 2 aliphatic rings. The maximum atomic E-state index is 12.8. The van der Waals surface area contributed by atoms with Crippen LogP contribution in [0.5, 0.6) is 0 Å². The van der Waals surface area contributed by atoms with E-state index in [0.717, 1.165) is 18.5 Å². The van der Waals surface area contributed by atoms with E-state index < -0.39 is 0 Å². The average molecular weight is 270 g/mol. The van der Waals surface area contributed by atoms with Gasteiger partial charge >= 0.3 is 0 Å². The molecule has 5 heteroatoms. The van der Waals surface area contributed by atoms with Crippen LogP contribution in [0.15, 0.2) is 24.5 Å². The number of imidazole rings is 1. The summed E-state index contributed by atoms with van der Waals surface area (Å²) in [4.78, 5) is 19.5. The monoisotopic (exact) mass is 270 g/mol. The minimum Gasteiger partial charge on any atom is -0.300 e. The number of carbonyl (C=O) groups is 1. The molecule has 104 valence electrons. The van der Waals surface area contributed by atoms with Crippen LogP contribution in [-0.4, -0.2) is 44.4 Å². The Morgan fingerprint density at radius 1 is 1.30 bits per heavy atom. The highest BCUT2D eigenvalue weighted by Crippen LogP contribution is 2.38. The van der Waals surface area contributed by atoms with Crippen molar-refractivity contribution in [2.75, 3.05) is 7.05 Å². The normalized spacial score (nSPS) is 29.9. The first-order chi connectivity index (χ1) is 9.74. The molecule has 2 fully saturated rings. The molecular weight excluding hydrogens is 252 g/mol. The summed E-state index contributed by atoms with van der Waals surface area (Å²) in [6, 6.07) is 4.87. The van der Waals surface area contributed by atoms with Crippen LogP contribution in [0.25, 0.3) is 5.65 Å². The highest BCUT2D eigenvalue weighted by Gasteiger charge is 2.41. The van der Waals surface area contributed by atoms with Crippen LogP contribution >= 0.6 is 0 Å². The van der Waals surface area contributed by atoms with E-state index in [0.29, 0.717) is 17.8 Å². The molecule has 2 unspecified atom stereocenters. The minimum absolute atomic E-state index is 0.130. The van der Waals surface area contributed by atoms with Gasteiger partial charge in [0.2, 0.25) is 0 Å². The fourth-order valence-corrected chi connectivity index (χ4v) is 3.83. The standard InChI is InChI=1S/C15H18N4O/c1-18-11-4-5-12(18)8-10(7-11)15(20)13-9-16-14-3-2-6-17-19(13)14/h2-3,6,9-12H,4-5,7-8H2,1H3. The zero-order chi connectivity index (χ0) is 13.7. The number of piperidine rings is 1. The summed E-state index contributed by atoms with van der Waals surface area (Å²) >= 11 is 0. The van der Waals surface area contributed by atoms with E-state index in [1.54, 1.807) is 16.9 Å². The molecule has 0 saturated carbocycles. The van der Waals surface area contributed by atoms with Gasteiger partial charge in [0.25, 0.3) is 0 Å². The summed E-state index contributed by atoms with van der Waals surface area (Å²) in [5.41, 5.74) is 1.38. The molecule has 0 amide bonds. The van der Waals surface area contributed by atoms with Crippen LogP contribution in [0.1, 0.15) is 36.2 Å². The molecule has 4 heterocycles. The Labute approximate surface area is 117 Å². The Kier molecular flexibility index (Phi) is 2.63. The van der Waals surface area contributed by atoms with E-state index >= 15 is 0 Å². The fourth-order valence-electron chi connectivity index (χ4n) is 3.83. The molecular formula is C15H18N4O. The lowest BCUT2D eigenvalue weighted by Gasteiger charge is -2.35. The lowest BCUT2D eigenvalue weighted by atomic mass is 9.86. The van der Waals surface area contributed by atoms with Crippen molar-refractivity contribution >= 4 is 11.4 Å². The maximum Gasteiger partial charge on any atom is 0.186 e. The van der Waals surface area contributed by atoms with Crippen LogP contribution in [0, 0.1) is 5.92 Å². The molecule has 2 aromatic heterocycles. The van der Waals surface area contributed by atoms with Gasteiger partial charge in [-0.15, -0.1) is 0 Å². The largest absolute Gasteiger partial charge is 0.300 e. The molecule has 0 N–H and O–H groups in total. The molecule has 20 heavy (non-hydrogen) atoms. The summed E-state index contributed by atoms with van der Waals surface area (Å²) in [6.45, 7) is 0. The molecule has 2 aliphatic heterocycles. The van der Waals surface area contributed by atoms with Gasteiger partial charge in [-0.25, -0.2) is 9.50 Å². The van der Waals surface area contributed by atoms with Gasteiger partial charge in [-0.2, -0.15) is 5.10 Å². The van der Waals surface area contributed by atoms with Crippen molar-refractivity contribution in [3.8, 4) is 0 Å². The summed E-state index contributed by atoms with van der Waals surface area (Å²) in [5, 5.41) is 4.25. The van der Waals surface area contributed by atoms with Crippen molar-refractivity contribution in [3.63, 3.8) is 0 Å². The second-order valence-corrected chi connectivity index (χ2v) is 6.02. The number of fused-ring (bicyclic) bond motifs is 3. The second kappa shape index (κ2) is 4.38. The van der Waals surface area contributed by atoms with Crippen molar-refractivity contribution < 1.29 is 4.79 Å². The number of hydrogen-bond acceptors (Lipinski definition) is 4. The second-order valence-electron chi connectivity index (χ2n) is 6.02. The molecule has 0 aromatic carbocycles. The molecule has 2 atom stereocenters. The molecule has 2 saturated heterocycles. The summed E-state index contributed by atoms with van der Waals surface area (Å²) in [6.07, 6.45) is 7.79. The van der Waals surface area contributed by atoms with E-state index in [-0.39, 0.29) is 11.7 Å². The third-order valence-corrected chi connectivity index (χ3v) is 5.00. The maximum absolute atomic E-state index is 12.8. The summed E-state index contributed by atoms with van der Waals surface area (Å²) in [7, 11) is 2.19. The number of Topliss-reactive ketones (excluding diaryl/α,β-unsaturated/α-hetero) is 1. The Bertz CT molecular complexity index is 651. The van der Waals surface area contributed by atoms with Gasteiger partial charge in [0.15, 0.2) is 11.4 Å². The van der Waals surface area contributed by atoms with Crippen molar-refractivity contribution in [3.05, 3.63) is 30.2 Å². The highest BCUT2D eigenvalue weighted by molar-refractivity contribution is 5.97. The molecule has 0 aliphatic carbocycles. The van der Waals surface area contributed by atoms with Gasteiger partial charge in [-0.05, 0) is 44.9 Å². The topological polar surface area (TPSA) is 50.5 Å². The van der Waals surface area contributed by atoms with Gasteiger partial charge in [0, 0.05) is 24.2 Å². The average Bonchev–Trinajstić information content (AvgIpc) is 2.95. The van der Waals surface area contributed by atoms with Crippen molar-refractivity contribution in [2.45, 2.75) is 37.8 Å². The Hall–Kier alpha value is -1.75. The van der Waals surface area contributed by atoms with Crippen molar-refractivity contribution in [1.82, 2.24) is 19.5 Å². The molecule has 0 spiro atoms. The molecule has 2 bridgehead atoms. The number of hydrogen-bond donors (Lipinski definition) is 0. The molecule has 5 nitrogen and oxygen atoms in total. The number of nitrogens with zero attached hydrogens (tertiary/aromatic N) is 4. The zero-order valence-electron chi connectivity index (χ0n) is 11.6. The van der Waals surface area contributed by atoms with Crippen LogP contribution < -0.4 is 0 Å². The van der Waals surface area contributed by atoms with Crippen LogP contribution in [-0.2, 0) is 0 Å². The first-order valence-corrected chi connectivity index (χ1v) is 7.29. The smallest absolute Gasteiger partial charge is 0.186 e. The fraction of sp³-hybridized carbons (Fsp3) is 0.533. The van der Waals surface area contributed by atoms with E-state index in [1.165, 1.54) is 12.8 Å². The zero-order valence-corrected chi connectivity index (χ0v) is 11.6. The predicted octanol–water partition coefficient (Wildman–Crippen LogP) is 1.78. The number of rotatable bonds is 2. The lowest BCUT2D eigenvalue weighted by Crippen LogP contribution is -2.42. The van der Waals surface area contributed by atoms with E-state index in [9.17, 15) is 4.79 Å². The van der Waals surface area contributed by atoms with E-state index in [1.807, 2.05) is 12.1 Å². The quantitative estimate of drug-likeness (QED) is 0.781. The van der Waals surface area contributed by atoms with E-state index in [2.05, 4.69) is 22.0 Å². The SMILES string of the molecule is CN1C2CCC1CC(C(=O)c1cnc3cccnn13)C2. The van der Waals surface area contributed by atoms with Gasteiger partial charge in [-0.1, -0.05) is 0 Å². The Morgan fingerprint density at radius 2 is 2.05 bits per heavy atom. The van der Waals surface area contributed by atoms with Crippen molar-refractivity contribution in [2.24, 2.45) is 5.92 Å². The van der Waals surface area contributed by atoms with Crippen LogP contribution in [0.4, 0.5) is 0 Å². The van der Waals surface area contributed by atoms with Crippen LogP contribution in [0.3, 0.4) is 0 Å². The summed E-state index contributed by atoms with van der Waals surface area (Å²) < 4.78 is 1.67. The molecule has 2 aromatic rings. The first-order valence-electron chi connectivity index (χ1n) is 7.29. The van der Waals surface area contributed by atoms with E-state index in [4.69, 9.17) is 0 Å². The Morgan fingerprint density at radius 3 is 2.80 bits per heavy atom. The van der Waals surface area contributed by atoms with Crippen LogP contribution in [0.2, 0.25) is 0 Å². The van der Waals surface area contributed by atoms with Gasteiger partial charge in [-0.3, -0.25) is 4.79 Å². The van der Waals surface area contributed by atoms with Gasteiger partial charge in [0.1, 0.15) is 5.69 Å². The third kappa shape index (κ3) is 1.69. The van der Waals surface area contributed by atoms with Gasteiger partial charge < -0.3 is 4.90 Å². The Balaban J connectivity index is 1.65. The predicted molar refractivity (Wildman–Crippen MR) is 74.6 cm³/mol. The number of aromatic nitrogens is 3. The number of carbonyl (C=O) groups excluding carboxylic acids is 1. The number of ketones is 1. The minimum atomic E-state index is 0.130. The van der Waals surface area contributed by atoms with Gasteiger partial charge in [0.05, 0.1) is 6.20 Å². The van der Waals surface area contributed by atoms with Crippen molar-refractivity contribution in [1.29, 1.82) is 0 Å². The molecule has 4 rings (SSSR count). The molecule has 0 radical (unpaired) electrons.